The summed E-state index contributed by atoms with van der Waals surface area (Å²) < 4.78 is 26.9. The van der Waals surface area contributed by atoms with Gasteiger partial charge in [-0.25, -0.2) is 18.1 Å². The van der Waals surface area contributed by atoms with Crippen LogP contribution in [0.1, 0.15) is 16.8 Å². The zero-order chi connectivity index (χ0) is 14.8. The molecule has 106 valence electrons. The Bertz CT molecular complexity index is 724. The van der Waals surface area contributed by atoms with Crippen LogP contribution in [0, 0.1) is 6.92 Å². The Kier molecular flexibility index (Phi) is 4.17. The number of benzene rings is 1. The average Bonchev–Trinajstić information content (AvgIpc) is 2.89. The molecular weight excluding hydrogens is 296 g/mol. The van der Waals surface area contributed by atoms with Crippen LogP contribution in [-0.4, -0.2) is 23.4 Å². The molecule has 0 amide bonds. The minimum Gasteiger partial charge on any atom is -0.389 e. The predicted molar refractivity (Wildman–Crippen MR) is 79.7 cm³/mol. The first kappa shape index (κ1) is 14.6. The Morgan fingerprint density at radius 3 is 2.80 bits per heavy atom. The van der Waals surface area contributed by atoms with Gasteiger partial charge in [0.2, 0.25) is 10.0 Å². The number of H-pyrrole nitrogens is 1. The van der Waals surface area contributed by atoms with Crippen LogP contribution in [0.25, 0.3) is 0 Å². The molecule has 0 saturated carbocycles. The molecule has 4 N–H and O–H groups in total. The van der Waals surface area contributed by atoms with E-state index in [0.717, 1.165) is 0 Å². The molecule has 0 aliphatic rings. The van der Waals surface area contributed by atoms with Gasteiger partial charge in [0, 0.05) is 17.5 Å². The summed E-state index contributed by atoms with van der Waals surface area (Å²) in [6, 6.07) is 4.76. The normalized spacial score (nSPS) is 11.4. The molecule has 0 aliphatic heterocycles. The van der Waals surface area contributed by atoms with Crippen LogP contribution >= 0.6 is 12.2 Å². The molecule has 1 heterocycles. The lowest BCUT2D eigenvalue weighted by Crippen LogP contribution is -2.24. The van der Waals surface area contributed by atoms with Crippen LogP contribution in [-0.2, 0) is 16.6 Å². The van der Waals surface area contributed by atoms with Gasteiger partial charge in [0.05, 0.1) is 17.8 Å². The number of imidazole rings is 1. The van der Waals surface area contributed by atoms with Crippen molar-refractivity contribution in [2.75, 3.05) is 0 Å². The Hall–Kier alpha value is -1.77. The first-order chi connectivity index (χ1) is 9.40. The Morgan fingerprint density at radius 2 is 2.25 bits per heavy atom. The van der Waals surface area contributed by atoms with Crippen LogP contribution in [0.4, 0.5) is 0 Å². The smallest absolute Gasteiger partial charge is 0.241 e. The van der Waals surface area contributed by atoms with E-state index in [1.165, 1.54) is 12.4 Å². The van der Waals surface area contributed by atoms with Crippen molar-refractivity contribution in [3.8, 4) is 0 Å². The molecule has 6 nitrogen and oxygen atoms in total. The van der Waals surface area contributed by atoms with Crippen molar-refractivity contribution in [1.29, 1.82) is 0 Å². The molecule has 2 rings (SSSR count). The summed E-state index contributed by atoms with van der Waals surface area (Å²) in [7, 11) is -3.59. The largest absolute Gasteiger partial charge is 0.389 e. The van der Waals surface area contributed by atoms with E-state index in [1.807, 2.05) is 0 Å². The number of hydrogen-bond acceptors (Lipinski definition) is 4. The SMILES string of the molecule is Cc1cc(C(N)=S)ccc1S(=O)(=O)NCc1cnc[nH]1. The van der Waals surface area contributed by atoms with Crippen LogP contribution in [0.2, 0.25) is 0 Å². The van der Waals surface area contributed by atoms with E-state index >= 15 is 0 Å². The van der Waals surface area contributed by atoms with Crippen LogP contribution < -0.4 is 10.5 Å². The second kappa shape index (κ2) is 5.70. The minimum atomic E-state index is -3.59. The van der Waals surface area contributed by atoms with Gasteiger partial charge in [-0.2, -0.15) is 0 Å². The molecule has 1 aromatic heterocycles. The maximum Gasteiger partial charge on any atom is 0.241 e. The van der Waals surface area contributed by atoms with Crippen molar-refractivity contribution in [3.05, 3.63) is 47.5 Å². The molecule has 8 heteroatoms. The van der Waals surface area contributed by atoms with Crippen molar-refractivity contribution >= 4 is 27.2 Å². The van der Waals surface area contributed by atoms with Gasteiger partial charge in [-0.1, -0.05) is 18.3 Å². The number of thiocarbonyl (C=S) groups is 1. The van der Waals surface area contributed by atoms with Crippen LogP contribution in [0.5, 0.6) is 0 Å². The highest BCUT2D eigenvalue weighted by Crippen LogP contribution is 2.17. The van der Waals surface area contributed by atoms with Gasteiger partial charge in [0.15, 0.2) is 0 Å². The fourth-order valence-corrected chi connectivity index (χ4v) is 3.09. The third-order valence-electron chi connectivity index (χ3n) is 2.76. The standard InChI is InChI=1S/C12H14N4O2S2/c1-8-4-9(12(13)19)2-3-11(8)20(17,18)16-6-10-5-14-7-15-10/h2-5,7,16H,6H2,1H3,(H2,13,19)(H,14,15). The third-order valence-corrected chi connectivity index (χ3v) is 4.55. The van der Waals surface area contributed by atoms with Crippen molar-refractivity contribution in [2.24, 2.45) is 5.73 Å². The number of sulfonamides is 1. The molecule has 0 atom stereocenters. The van der Waals surface area contributed by atoms with Crippen molar-refractivity contribution in [2.45, 2.75) is 18.4 Å². The molecule has 20 heavy (non-hydrogen) atoms. The lowest BCUT2D eigenvalue weighted by Gasteiger charge is -2.10. The lowest BCUT2D eigenvalue weighted by atomic mass is 10.1. The number of rotatable bonds is 5. The predicted octanol–water partition coefficient (Wildman–Crippen LogP) is 0.831. The molecule has 0 fully saturated rings. The van der Waals surface area contributed by atoms with Crippen molar-refractivity contribution in [3.63, 3.8) is 0 Å². The molecule has 0 bridgehead atoms. The molecule has 0 saturated heterocycles. The molecule has 0 radical (unpaired) electrons. The number of nitrogens with two attached hydrogens (primary N) is 1. The van der Waals surface area contributed by atoms with Gasteiger partial charge in [-0.15, -0.1) is 0 Å². The van der Waals surface area contributed by atoms with Gasteiger partial charge >= 0.3 is 0 Å². The van der Waals surface area contributed by atoms with E-state index in [2.05, 4.69) is 14.7 Å². The summed E-state index contributed by atoms with van der Waals surface area (Å²) in [6.07, 6.45) is 3.05. The number of aryl methyl sites for hydroxylation is 1. The molecule has 0 aliphatic carbocycles. The maximum atomic E-state index is 12.2. The Labute approximate surface area is 122 Å². The first-order valence-corrected chi connectivity index (χ1v) is 7.66. The molecule has 1 aromatic carbocycles. The van der Waals surface area contributed by atoms with Crippen LogP contribution in [0.3, 0.4) is 0 Å². The second-order valence-corrected chi connectivity index (χ2v) is 6.42. The minimum absolute atomic E-state index is 0.152. The highest BCUT2D eigenvalue weighted by molar-refractivity contribution is 7.89. The highest BCUT2D eigenvalue weighted by Gasteiger charge is 2.17. The van der Waals surface area contributed by atoms with Gasteiger partial charge in [0.25, 0.3) is 0 Å². The molecule has 0 unspecified atom stereocenters. The molecule has 2 aromatic rings. The van der Waals surface area contributed by atoms with E-state index in [1.54, 1.807) is 25.3 Å². The number of nitrogens with zero attached hydrogens (tertiary/aromatic N) is 1. The molecular formula is C12H14N4O2S2. The van der Waals surface area contributed by atoms with E-state index < -0.39 is 10.0 Å². The number of aromatic amines is 1. The Morgan fingerprint density at radius 1 is 1.50 bits per heavy atom. The van der Waals surface area contributed by atoms with Crippen molar-refractivity contribution in [1.82, 2.24) is 14.7 Å². The van der Waals surface area contributed by atoms with E-state index in [9.17, 15) is 8.42 Å². The van der Waals surface area contributed by atoms with E-state index in [4.69, 9.17) is 18.0 Å². The summed E-state index contributed by atoms with van der Waals surface area (Å²) in [4.78, 5) is 7.10. The van der Waals surface area contributed by atoms with Gasteiger partial charge in [-0.3, -0.25) is 0 Å². The zero-order valence-corrected chi connectivity index (χ0v) is 12.4. The Balaban J connectivity index is 2.23. The fourth-order valence-electron chi connectivity index (χ4n) is 1.74. The fraction of sp³-hybridized carbons (Fsp3) is 0.167. The quantitative estimate of drug-likeness (QED) is 0.710. The highest BCUT2D eigenvalue weighted by atomic mass is 32.2. The summed E-state index contributed by atoms with van der Waals surface area (Å²) in [5.41, 5.74) is 7.44. The second-order valence-electron chi connectivity index (χ2n) is 4.25. The van der Waals surface area contributed by atoms with Crippen LogP contribution in [0.15, 0.2) is 35.6 Å². The topological polar surface area (TPSA) is 101 Å². The average molecular weight is 310 g/mol. The number of aromatic nitrogens is 2. The zero-order valence-electron chi connectivity index (χ0n) is 10.8. The summed E-state index contributed by atoms with van der Waals surface area (Å²) >= 11 is 4.87. The molecule has 0 spiro atoms. The maximum absolute atomic E-state index is 12.2. The first-order valence-electron chi connectivity index (χ1n) is 5.77. The van der Waals surface area contributed by atoms with Gasteiger partial charge in [0.1, 0.15) is 4.99 Å². The summed E-state index contributed by atoms with van der Waals surface area (Å²) in [5, 5.41) is 0. The number of nitrogens with one attached hydrogen (secondary N) is 2. The van der Waals surface area contributed by atoms with E-state index in [-0.39, 0.29) is 16.4 Å². The van der Waals surface area contributed by atoms with Gasteiger partial charge < -0.3 is 10.7 Å². The van der Waals surface area contributed by atoms with Gasteiger partial charge in [-0.05, 0) is 24.6 Å². The monoisotopic (exact) mass is 310 g/mol. The summed E-state index contributed by atoms with van der Waals surface area (Å²) in [5.74, 6) is 0. The summed E-state index contributed by atoms with van der Waals surface area (Å²) in [6.45, 7) is 1.85. The van der Waals surface area contributed by atoms with Crippen molar-refractivity contribution < 1.29 is 8.42 Å². The third kappa shape index (κ3) is 3.21. The number of hydrogen-bond donors (Lipinski definition) is 3. The lowest BCUT2D eigenvalue weighted by molar-refractivity contribution is 0.580. The van der Waals surface area contributed by atoms with E-state index in [0.29, 0.717) is 16.8 Å².